The Morgan fingerprint density at radius 1 is 1.44 bits per heavy atom. The lowest BCUT2D eigenvalue weighted by Gasteiger charge is -2.05. The van der Waals surface area contributed by atoms with Gasteiger partial charge in [0.25, 0.3) is 5.91 Å². The highest BCUT2D eigenvalue weighted by Gasteiger charge is 2.09. The number of aryl methyl sites for hydroxylation is 1. The van der Waals surface area contributed by atoms with Crippen LogP contribution in [-0.2, 0) is 6.42 Å². The Balaban J connectivity index is 2.50. The van der Waals surface area contributed by atoms with Gasteiger partial charge >= 0.3 is 0 Å². The maximum atomic E-state index is 11.1. The highest BCUT2D eigenvalue weighted by atomic mass is 35.5. The molecule has 0 aliphatic rings. The highest BCUT2D eigenvalue weighted by Crippen LogP contribution is 2.10. The van der Waals surface area contributed by atoms with Crippen LogP contribution in [0.2, 0.25) is 0 Å². The zero-order valence-corrected chi connectivity index (χ0v) is 10.1. The first-order chi connectivity index (χ1) is 7.61. The number of amides is 1. The molecule has 1 amide bonds. The first-order valence-electron chi connectivity index (χ1n) is 5.35. The second-order valence-electron chi connectivity index (χ2n) is 3.74. The lowest BCUT2D eigenvalue weighted by Crippen LogP contribution is -2.16. The summed E-state index contributed by atoms with van der Waals surface area (Å²) in [7, 11) is 0. The Bertz CT molecular complexity index is 355. The molecule has 1 aromatic rings. The van der Waals surface area contributed by atoms with E-state index in [1.54, 1.807) is 6.20 Å². The van der Waals surface area contributed by atoms with Crippen molar-refractivity contribution < 1.29 is 4.79 Å². The molecule has 0 saturated carbocycles. The zero-order valence-electron chi connectivity index (χ0n) is 9.32. The number of carbonyl (C=O) groups is 1. The fourth-order valence-corrected chi connectivity index (χ4v) is 1.63. The summed E-state index contributed by atoms with van der Waals surface area (Å²) >= 11 is 5.84. The first kappa shape index (κ1) is 12.9. The van der Waals surface area contributed by atoms with Crippen molar-refractivity contribution in [2.24, 2.45) is 5.73 Å². The summed E-state index contributed by atoms with van der Waals surface area (Å²) in [5.74, 6) is -0.520. The predicted molar refractivity (Wildman–Crippen MR) is 63.4 cm³/mol. The van der Waals surface area contributed by atoms with Crippen molar-refractivity contribution in [2.75, 3.05) is 0 Å². The van der Waals surface area contributed by atoms with Crippen molar-refractivity contribution >= 4 is 17.5 Å². The molecule has 5 heteroatoms. The number of aromatic nitrogens is 2. The molecule has 1 unspecified atom stereocenters. The van der Waals surface area contributed by atoms with Gasteiger partial charge in [-0.3, -0.25) is 9.78 Å². The van der Waals surface area contributed by atoms with Crippen LogP contribution >= 0.6 is 11.6 Å². The van der Waals surface area contributed by atoms with Crippen LogP contribution in [0.4, 0.5) is 0 Å². The predicted octanol–water partition coefficient (Wildman–Crippen LogP) is 1.92. The van der Waals surface area contributed by atoms with Crippen molar-refractivity contribution in [3.05, 3.63) is 23.8 Å². The van der Waals surface area contributed by atoms with Crippen molar-refractivity contribution in [3.63, 3.8) is 0 Å². The minimum Gasteiger partial charge on any atom is -0.364 e. The van der Waals surface area contributed by atoms with Crippen molar-refractivity contribution in [3.8, 4) is 0 Å². The van der Waals surface area contributed by atoms with Gasteiger partial charge < -0.3 is 5.73 Å². The number of unbranched alkanes of at least 4 members (excludes halogenated alkanes) is 1. The average Bonchev–Trinajstić information content (AvgIpc) is 2.24. The van der Waals surface area contributed by atoms with Gasteiger partial charge in [0.05, 0.1) is 5.69 Å². The molecule has 0 aliphatic heterocycles. The van der Waals surface area contributed by atoms with Gasteiger partial charge in [0, 0.05) is 17.8 Å². The summed E-state index contributed by atoms with van der Waals surface area (Å²) in [6, 6.07) is 0. The molecule has 88 valence electrons. The van der Waals surface area contributed by atoms with Crippen LogP contribution in [0.5, 0.6) is 0 Å². The Morgan fingerprint density at radius 3 is 2.75 bits per heavy atom. The maximum Gasteiger partial charge on any atom is 0.269 e. The van der Waals surface area contributed by atoms with Crippen LogP contribution in [-0.4, -0.2) is 21.3 Å². The van der Waals surface area contributed by atoms with E-state index in [1.165, 1.54) is 6.20 Å². The fourth-order valence-electron chi connectivity index (χ4n) is 1.47. The van der Waals surface area contributed by atoms with Crippen LogP contribution < -0.4 is 5.73 Å². The third-order valence-corrected chi connectivity index (χ3v) is 2.49. The number of halogens is 1. The van der Waals surface area contributed by atoms with Gasteiger partial charge in [-0.15, -0.1) is 11.6 Å². The van der Waals surface area contributed by atoms with Crippen LogP contribution in [0.25, 0.3) is 0 Å². The van der Waals surface area contributed by atoms with E-state index in [-0.39, 0.29) is 11.1 Å². The number of hydrogen-bond donors (Lipinski definition) is 1. The van der Waals surface area contributed by atoms with E-state index in [1.807, 2.05) is 6.92 Å². The fraction of sp³-hybridized carbons (Fsp3) is 0.545. The van der Waals surface area contributed by atoms with Gasteiger partial charge in [0.2, 0.25) is 0 Å². The van der Waals surface area contributed by atoms with Crippen LogP contribution in [0.3, 0.4) is 0 Å². The number of nitrogens with two attached hydrogens (primary N) is 1. The van der Waals surface area contributed by atoms with Gasteiger partial charge in [0.15, 0.2) is 0 Å². The number of rotatable bonds is 6. The molecule has 0 fully saturated rings. The Hall–Kier alpha value is -1.16. The molecule has 1 aromatic heterocycles. The van der Waals surface area contributed by atoms with Gasteiger partial charge in [-0.05, 0) is 26.2 Å². The van der Waals surface area contributed by atoms with E-state index in [4.69, 9.17) is 17.3 Å². The molecule has 0 bridgehead atoms. The van der Waals surface area contributed by atoms with Gasteiger partial charge in [-0.1, -0.05) is 6.42 Å². The van der Waals surface area contributed by atoms with Gasteiger partial charge in [-0.25, -0.2) is 4.98 Å². The number of nitrogens with zero attached hydrogens (tertiary/aromatic N) is 2. The Morgan fingerprint density at radius 2 is 2.12 bits per heavy atom. The molecular weight excluding hydrogens is 226 g/mol. The highest BCUT2D eigenvalue weighted by molar-refractivity contribution is 6.20. The van der Waals surface area contributed by atoms with E-state index >= 15 is 0 Å². The van der Waals surface area contributed by atoms with E-state index in [0.29, 0.717) is 5.69 Å². The molecule has 0 aliphatic carbocycles. The SMILES string of the molecule is CC(Cl)CCCCc1nccnc1C(N)=O. The molecule has 0 radical (unpaired) electrons. The summed E-state index contributed by atoms with van der Waals surface area (Å²) in [5.41, 5.74) is 6.16. The summed E-state index contributed by atoms with van der Waals surface area (Å²) in [4.78, 5) is 19.1. The summed E-state index contributed by atoms with van der Waals surface area (Å²) in [5, 5.41) is 0.192. The molecule has 2 N–H and O–H groups in total. The maximum absolute atomic E-state index is 11.1. The van der Waals surface area contributed by atoms with Crippen LogP contribution in [0.15, 0.2) is 12.4 Å². The third-order valence-electron chi connectivity index (χ3n) is 2.27. The number of hydrogen-bond acceptors (Lipinski definition) is 3. The smallest absolute Gasteiger partial charge is 0.269 e. The molecule has 0 spiro atoms. The largest absolute Gasteiger partial charge is 0.364 e. The summed E-state index contributed by atoms with van der Waals surface area (Å²) in [6.45, 7) is 1.97. The average molecular weight is 242 g/mol. The zero-order chi connectivity index (χ0) is 12.0. The second kappa shape index (κ2) is 6.43. The molecule has 0 saturated heterocycles. The second-order valence-corrected chi connectivity index (χ2v) is 4.49. The molecule has 4 nitrogen and oxygen atoms in total. The molecule has 1 heterocycles. The molecule has 16 heavy (non-hydrogen) atoms. The lowest BCUT2D eigenvalue weighted by atomic mass is 10.1. The van der Waals surface area contributed by atoms with E-state index in [2.05, 4.69) is 9.97 Å². The molecule has 1 rings (SSSR count). The third kappa shape index (κ3) is 4.14. The monoisotopic (exact) mass is 241 g/mol. The molecule has 1 atom stereocenters. The standard InChI is InChI=1S/C11H16ClN3O/c1-8(12)4-2-3-5-9-10(11(13)16)15-7-6-14-9/h6-8H,2-5H2,1H3,(H2,13,16). The number of alkyl halides is 1. The van der Waals surface area contributed by atoms with Crippen LogP contribution in [0.1, 0.15) is 42.4 Å². The summed E-state index contributed by atoms with van der Waals surface area (Å²) in [6.07, 6.45) is 6.69. The number of primary amides is 1. The van der Waals surface area contributed by atoms with E-state index in [0.717, 1.165) is 25.7 Å². The van der Waals surface area contributed by atoms with Crippen molar-refractivity contribution in [1.29, 1.82) is 0 Å². The summed E-state index contributed by atoms with van der Waals surface area (Å²) < 4.78 is 0. The molecular formula is C11H16ClN3O. The Labute approximate surface area is 100 Å². The van der Waals surface area contributed by atoms with Crippen LogP contribution in [0, 0.1) is 0 Å². The van der Waals surface area contributed by atoms with E-state index < -0.39 is 5.91 Å². The van der Waals surface area contributed by atoms with Crippen molar-refractivity contribution in [2.45, 2.75) is 38.0 Å². The minimum absolute atomic E-state index is 0.192. The quantitative estimate of drug-likeness (QED) is 0.611. The topological polar surface area (TPSA) is 68.9 Å². The van der Waals surface area contributed by atoms with Gasteiger partial charge in [-0.2, -0.15) is 0 Å². The normalized spacial score (nSPS) is 12.4. The van der Waals surface area contributed by atoms with Crippen molar-refractivity contribution in [1.82, 2.24) is 9.97 Å². The lowest BCUT2D eigenvalue weighted by molar-refractivity contribution is 0.0994. The number of carbonyl (C=O) groups excluding carboxylic acids is 1. The Kier molecular flexibility index (Phi) is 5.19. The molecule has 0 aromatic carbocycles. The minimum atomic E-state index is -0.520. The van der Waals surface area contributed by atoms with E-state index in [9.17, 15) is 4.79 Å². The van der Waals surface area contributed by atoms with Gasteiger partial charge in [0.1, 0.15) is 5.69 Å². The first-order valence-corrected chi connectivity index (χ1v) is 5.78.